The summed E-state index contributed by atoms with van der Waals surface area (Å²) in [5, 5.41) is 14.5. The third-order valence-electron chi connectivity index (χ3n) is 6.77. The molecule has 0 amide bonds. The van der Waals surface area contributed by atoms with E-state index in [9.17, 15) is 23.3 Å². The summed E-state index contributed by atoms with van der Waals surface area (Å²) in [5.74, 6) is 0. The number of ether oxygens (including phenoxy) is 1. The molecule has 180 valence electrons. The van der Waals surface area contributed by atoms with Gasteiger partial charge in [0.05, 0.1) is 16.6 Å². The number of benzene rings is 1. The van der Waals surface area contributed by atoms with E-state index in [1.54, 1.807) is 0 Å². The zero-order valence-corrected chi connectivity index (χ0v) is 20.1. The van der Waals surface area contributed by atoms with Gasteiger partial charge in [0.15, 0.2) is 0 Å². The monoisotopic (exact) mass is 521 g/mol. The average Bonchev–Trinajstić information content (AvgIpc) is 2.73. The van der Waals surface area contributed by atoms with Crippen molar-refractivity contribution in [3.8, 4) is 0 Å². The summed E-state index contributed by atoms with van der Waals surface area (Å²) in [6, 6.07) is 1.75. The molecule has 32 heavy (non-hydrogen) atoms. The molecule has 0 radical (unpaired) electrons. The minimum absolute atomic E-state index is 0.0265. The van der Waals surface area contributed by atoms with Gasteiger partial charge in [-0.25, -0.2) is 0 Å². The van der Waals surface area contributed by atoms with Gasteiger partial charge in [-0.3, -0.25) is 15.0 Å². The standard InChI is InChI=1S/C22H31BrF3N3O3/c1-3-12-32-16-4-8-21(2,9-5-16)28-10-6-15(7-11-28)27-19-14-18(23)17(22(24,25)26)13-20(19)29(30)31/h13-16,27H,3-12H2,1-2H3. The minimum atomic E-state index is -4.66. The average molecular weight is 522 g/mol. The van der Waals surface area contributed by atoms with Crippen molar-refractivity contribution < 1.29 is 22.8 Å². The van der Waals surface area contributed by atoms with Crippen LogP contribution in [0.2, 0.25) is 0 Å². The second-order valence-corrected chi connectivity index (χ2v) is 9.93. The molecule has 1 N–H and O–H groups in total. The van der Waals surface area contributed by atoms with Crippen molar-refractivity contribution in [1.82, 2.24) is 4.90 Å². The first kappa shape index (κ1) is 25.2. The summed E-state index contributed by atoms with van der Waals surface area (Å²) in [4.78, 5) is 13.1. The molecule has 1 saturated carbocycles. The van der Waals surface area contributed by atoms with Crippen molar-refractivity contribution in [2.24, 2.45) is 0 Å². The number of rotatable bonds is 7. The van der Waals surface area contributed by atoms with Crippen LogP contribution in [0.5, 0.6) is 0 Å². The molecule has 2 aliphatic rings. The lowest BCUT2D eigenvalue weighted by atomic mass is 9.79. The number of hydrogen-bond donors (Lipinski definition) is 1. The number of anilines is 1. The van der Waals surface area contributed by atoms with Gasteiger partial charge in [-0.15, -0.1) is 0 Å². The van der Waals surface area contributed by atoms with Crippen LogP contribution in [0.3, 0.4) is 0 Å². The maximum atomic E-state index is 13.1. The summed E-state index contributed by atoms with van der Waals surface area (Å²) in [7, 11) is 0. The largest absolute Gasteiger partial charge is 0.417 e. The Morgan fingerprint density at radius 1 is 1.25 bits per heavy atom. The smallest absolute Gasteiger partial charge is 0.378 e. The first-order valence-electron chi connectivity index (χ1n) is 11.2. The number of alkyl halides is 3. The Balaban J connectivity index is 1.61. The van der Waals surface area contributed by atoms with Crippen molar-refractivity contribution in [3.05, 3.63) is 32.3 Å². The van der Waals surface area contributed by atoms with Gasteiger partial charge in [0.1, 0.15) is 5.69 Å². The summed E-state index contributed by atoms with van der Waals surface area (Å²) in [6.07, 6.45) is 2.54. The number of piperidine rings is 1. The molecular weight excluding hydrogens is 491 g/mol. The Kier molecular flexibility index (Phi) is 8.09. The van der Waals surface area contributed by atoms with Crippen LogP contribution in [0.4, 0.5) is 24.5 Å². The molecule has 6 nitrogen and oxygen atoms in total. The fraction of sp³-hybridized carbons (Fsp3) is 0.727. The zero-order valence-electron chi connectivity index (χ0n) is 18.5. The Bertz CT molecular complexity index is 806. The lowest BCUT2D eigenvalue weighted by Gasteiger charge is -2.48. The molecule has 0 unspecified atom stereocenters. The number of likely N-dealkylation sites (tertiary alicyclic amines) is 1. The molecule has 1 aromatic carbocycles. The molecule has 10 heteroatoms. The lowest BCUT2D eigenvalue weighted by Crippen LogP contribution is -2.53. The molecule has 2 fully saturated rings. The summed E-state index contributed by atoms with van der Waals surface area (Å²) in [6.45, 7) is 6.93. The van der Waals surface area contributed by atoms with Gasteiger partial charge in [0, 0.05) is 41.8 Å². The van der Waals surface area contributed by atoms with Crippen molar-refractivity contribution in [2.75, 3.05) is 25.0 Å². The Morgan fingerprint density at radius 2 is 1.88 bits per heavy atom. The predicted octanol–water partition coefficient (Wildman–Crippen LogP) is 6.38. The Hall–Kier alpha value is -1.39. The molecule has 1 heterocycles. The van der Waals surface area contributed by atoms with Gasteiger partial charge in [0.25, 0.3) is 5.69 Å². The second kappa shape index (κ2) is 10.3. The van der Waals surface area contributed by atoms with Gasteiger partial charge in [0.2, 0.25) is 0 Å². The van der Waals surface area contributed by atoms with Crippen LogP contribution in [0.1, 0.15) is 64.4 Å². The summed E-state index contributed by atoms with van der Waals surface area (Å²) in [5.41, 5.74) is -1.36. The summed E-state index contributed by atoms with van der Waals surface area (Å²) < 4.78 is 45.1. The van der Waals surface area contributed by atoms with Crippen LogP contribution in [0, 0.1) is 10.1 Å². The van der Waals surface area contributed by atoms with E-state index in [1.165, 1.54) is 6.07 Å². The number of hydrogen-bond acceptors (Lipinski definition) is 5. The fourth-order valence-corrected chi connectivity index (χ4v) is 5.38. The molecule has 0 spiro atoms. The van der Waals surface area contributed by atoms with Crippen LogP contribution < -0.4 is 5.32 Å². The van der Waals surface area contributed by atoms with Crippen molar-refractivity contribution >= 4 is 27.3 Å². The van der Waals surface area contributed by atoms with E-state index in [1.807, 2.05) is 0 Å². The normalized spacial score (nSPS) is 25.6. The van der Waals surface area contributed by atoms with E-state index >= 15 is 0 Å². The quantitative estimate of drug-likeness (QED) is 0.333. The van der Waals surface area contributed by atoms with Gasteiger partial charge in [-0.05, 0) is 57.9 Å². The minimum Gasteiger partial charge on any atom is -0.378 e. The van der Waals surface area contributed by atoms with Crippen molar-refractivity contribution in [2.45, 2.75) is 82.7 Å². The number of nitro groups is 1. The highest BCUT2D eigenvalue weighted by Crippen LogP contribution is 2.41. The van der Waals surface area contributed by atoms with Gasteiger partial charge in [-0.1, -0.05) is 22.9 Å². The maximum Gasteiger partial charge on any atom is 0.417 e. The SMILES string of the molecule is CCCOC1CCC(C)(N2CCC(Nc3cc(Br)c(C(F)(F)F)cc3[N+](=O)[O-])CC2)CC1. The van der Waals surface area contributed by atoms with Crippen molar-refractivity contribution in [3.63, 3.8) is 0 Å². The first-order chi connectivity index (χ1) is 15.0. The number of nitrogens with zero attached hydrogens (tertiary/aromatic N) is 2. The molecule has 3 rings (SSSR count). The van der Waals surface area contributed by atoms with Crippen molar-refractivity contribution in [1.29, 1.82) is 0 Å². The number of nitro benzene ring substituents is 1. The van der Waals surface area contributed by atoms with Gasteiger partial charge >= 0.3 is 6.18 Å². The molecule has 0 aromatic heterocycles. The second-order valence-electron chi connectivity index (χ2n) is 9.08. The fourth-order valence-electron chi connectivity index (χ4n) is 4.81. The maximum absolute atomic E-state index is 13.1. The number of halogens is 4. The topological polar surface area (TPSA) is 67.6 Å². The van der Waals surface area contributed by atoms with E-state index in [0.717, 1.165) is 64.6 Å². The third kappa shape index (κ3) is 5.94. The third-order valence-corrected chi connectivity index (χ3v) is 7.43. The van der Waals surface area contributed by atoms with Crippen LogP contribution in [-0.4, -0.2) is 47.2 Å². The van der Waals surface area contributed by atoms with E-state index in [4.69, 9.17) is 4.74 Å². The molecule has 0 atom stereocenters. The van der Waals surface area contributed by atoms with Crippen LogP contribution >= 0.6 is 15.9 Å². The van der Waals surface area contributed by atoms with Crippen LogP contribution in [-0.2, 0) is 10.9 Å². The lowest BCUT2D eigenvalue weighted by molar-refractivity contribution is -0.384. The summed E-state index contributed by atoms with van der Waals surface area (Å²) >= 11 is 2.92. The molecule has 1 aliphatic heterocycles. The van der Waals surface area contributed by atoms with Crippen LogP contribution in [0.25, 0.3) is 0 Å². The van der Waals surface area contributed by atoms with Gasteiger partial charge in [-0.2, -0.15) is 13.2 Å². The highest BCUT2D eigenvalue weighted by atomic mass is 79.9. The van der Waals surface area contributed by atoms with E-state index in [0.29, 0.717) is 12.2 Å². The molecular formula is C22H31BrF3N3O3. The highest BCUT2D eigenvalue weighted by molar-refractivity contribution is 9.10. The molecule has 1 aliphatic carbocycles. The van der Waals surface area contributed by atoms with Crippen LogP contribution in [0.15, 0.2) is 16.6 Å². The molecule has 0 bridgehead atoms. The molecule has 1 saturated heterocycles. The predicted molar refractivity (Wildman–Crippen MR) is 121 cm³/mol. The Labute approximate surface area is 195 Å². The van der Waals surface area contributed by atoms with E-state index in [2.05, 4.69) is 40.0 Å². The highest BCUT2D eigenvalue weighted by Gasteiger charge is 2.39. The molecule has 1 aromatic rings. The van der Waals surface area contributed by atoms with E-state index in [-0.39, 0.29) is 21.7 Å². The first-order valence-corrected chi connectivity index (χ1v) is 12.0. The zero-order chi connectivity index (χ0) is 23.5. The van der Waals surface area contributed by atoms with Gasteiger partial charge < -0.3 is 10.1 Å². The van der Waals surface area contributed by atoms with E-state index < -0.39 is 22.4 Å². The Morgan fingerprint density at radius 3 is 2.41 bits per heavy atom. The number of nitrogens with one attached hydrogen (secondary N) is 1.